The van der Waals surface area contributed by atoms with Crippen LogP contribution in [0.3, 0.4) is 0 Å². The van der Waals surface area contributed by atoms with Gasteiger partial charge in [0.15, 0.2) is 34.6 Å². The molecule has 0 heterocycles. The number of rotatable bonds is 8. The normalized spacial score (nSPS) is 10.6. The van der Waals surface area contributed by atoms with E-state index in [9.17, 15) is 19.2 Å². The van der Waals surface area contributed by atoms with Crippen LogP contribution in [0.4, 0.5) is 8.78 Å². The Hall–Kier alpha value is -5.12. The lowest BCUT2D eigenvalue weighted by Crippen LogP contribution is -2.13. The molecule has 0 fully saturated rings. The monoisotopic (exact) mass is 550 g/mol. The highest BCUT2D eigenvalue weighted by Gasteiger charge is 2.24. The van der Waals surface area contributed by atoms with Crippen molar-refractivity contribution >= 4 is 45.4 Å². The number of carbonyl (C=O) groups is 4. The van der Waals surface area contributed by atoms with Crippen LogP contribution in [0.2, 0.25) is 0 Å². The third-order valence-corrected chi connectivity index (χ3v) is 5.33. The minimum absolute atomic E-state index is 0.00498. The van der Waals surface area contributed by atoms with E-state index in [0.29, 0.717) is 0 Å². The van der Waals surface area contributed by atoms with Crippen molar-refractivity contribution < 1.29 is 46.9 Å². The van der Waals surface area contributed by atoms with Crippen LogP contribution in [0, 0.1) is 11.6 Å². The maximum atomic E-state index is 15.4. The Labute approximate surface area is 227 Å². The van der Waals surface area contributed by atoms with Gasteiger partial charge in [0.1, 0.15) is 0 Å². The van der Waals surface area contributed by atoms with Gasteiger partial charge in [-0.2, -0.15) is 0 Å². The van der Waals surface area contributed by atoms with Gasteiger partial charge < -0.3 is 18.9 Å². The Bertz CT molecular complexity index is 1570. The van der Waals surface area contributed by atoms with E-state index in [4.69, 9.17) is 18.9 Å². The molecule has 0 bridgehead atoms. The lowest BCUT2D eigenvalue weighted by Gasteiger charge is -2.16. The Balaban J connectivity index is 2.42. The predicted molar refractivity (Wildman–Crippen MR) is 143 cm³/mol. The van der Waals surface area contributed by atoms with Crippen LogP contribution in [0.5, 0.6) is 23.0 Å². The summed E-state index contributed by atoms with van der Waals surface area (Å²) in [4.78, 5) is 49.0. The van der Waals surface area contributed by atoms with Crippen LogP contribution in [-0.2, 0) is 19.2 Å². The highest BCUT2D eigenvalue weighted by molar-refractivity contribution is 6.11. The zero-order chi connectivity index (χ0) is 30.0. The maximum Gasteiger partial charge on any atom is 0.338 e. The summed E-state index contributed by atoms with van der Waals surface area (Å²) in [6, 6.07) is 4.24. The van der Waals surface area contributed by atoms with Gasteiger partial charge in [-0.3, -0.25) is 0 Å². The summed E-state index contributed by atoms with van der Waals surface area (Å²) in [5.74, 6) is -7.72. The number of hydrogen-bond acceptors (Lipinski definition) is 8. The van der Waals surface area contributed by atoms with Crippen molar-refractivity contribution in [3.63, 3.8) is 0 Å². The number of ether oxygens (including phenoxy) is 4. The average molecular weight is 551 g/mol. The molecule has 0 saturated heterocycles. The Morgan fingerprint density at radius 2 is 0.675 bits per heavy atom. The molecule has 0 aliphatic rings. The summed E-state index contributed by atoms with van der Waals surface area (Å²) in [6.07, 6.45) is 0. The molecule has 206 valence electrons. The van der Waals surface area contributed by atoms with E-state index < -0.39 is 47.0 Å². The van der Waals surface area contributed by atoms with E-state index in [1.807, 2.05) is 0 Å². The summed E-state index contributed by atoms with van der Waals surface area (Å²) >= 11 is 0. The smallest absolute Gasteiger partial charge is 0.338 e. The lowest BCUT2D eigenvalue weighted by molar-refractivity contribution is -0.132. The summed E-state index contributed by atoms with van der Waals surface area (Å²) < 4.78 is 51.8. The summed E-state index contributed by atoms with van der Waals surface area (Å²) in [7, 11) is 0. The Morgan fingerprint density at radius 3 is 0.875 bits per heavy atom. The van der Waals surface area contributed by atoms with Crippen LogP contribution < -0.4 is 18.9 Å². The molecule has 0 aromatic heterocycles. The average Bonchev–Trinajstić information content (AvgIpc) is 2.87. The fraction of sp³-hybridized carbons (Fsp3) is 0.133. The highest BCUT2D eigenvalue weighted by Crippen LogP contribution is 2.43. The SMILES string of the molecule is C=C(C)C(=O)Oc1cc2c(F)c(F)c3cc(OC(=O)C(=C)C)c(OC(=O)C(=C)C)cc3c2cc1OC(=O)C(=C)C. The second-order valence-corrected chi connectivity index (χ2v) is 9.00. The number of fused-ring (bicyclic) bond motifs is 3. The number of benzene rings is 3. The molecule has 0 aliphatic heterocycles. The van der Waals surface area contributed by atoms with Gasteiger partial charge in [-0.05, 0) is 62.7 Å². The molecule has 8 nitrogen and oxygen atoms in total. The number of esters is 4. The lowest BCUT2D eigenvalue weighted by atomic mass is 9.99. The van der Waals surface area contributed by atoms with Crippen molar-refractivity contribution in [2.24, 2.45) is 0 Å². The highest BCUT2D eigenvalue weighted by atomic mass is 19.2. The maximum absolute atomic E-state index is 15.4. The Kier molecular flexibility index (Phi) is 8.33. The Morgan fingerprint density at radius 1 is 0.475 bits per heavy atom. The number of halogens is 2. The molecule has 0 spiro atoms. The summed E-state index contributed by atoms with van der Waals surface area (Å²) in [5.41, 5.74) is -0.0118. The molecule has 10 heteroatoms. The van der Waals surface area contributed by atoms with E-state index >= 15 is 8.78 Å². The van der Waals surface area contributed by atoms with E-state index in [1.54, 1.807) is 0 Å². The molecule has 40 heavy (non-hydrogen) atoms. The number of carbonyl (C=O) groups excluding carboxylic acids is 4. The third-order valence-electron chi connectivity index (χ3n) is 5.33. The standard InChI is InChI=1S/C30H24F2O8/c1-13(2)27(33)37-21-9-17-18-10-22(38-28(34)14(3)4)24(40-30(36)16(7)8)12-20(18)26(32)25(31)19(17)11-23(21)39-29(35)15(5)6/h9-12H,1,3,5,7H2,2,4,6,8H3. The van der Waals surface area contributed by atoms with Crippen molar-refractivity contribution in [1.82, 2.24) is 0 Å². The van der Waals surface area contributed by atoms with Crippen LogP contribution in [0.15, 0.2) is 72.9 Å². The van der Waals surface area contributed by atoms with Crippen molar-refractivity contribution in [2.75, 3.05) is 0 Å². The van der Waals surface area contributed by atoms with Crippen molar-refractivity contribution in [1.29, 1.82) is 0 Å². The van der Waals surface area contributed by atoms with Crippen LogP contribution in [-0.4, -0.2) is 23.9 Å². The molecule has 0 atom stereocenters. The van der Waals surface area contributed by atoms with Crippen molar-refractivity contribution in [3.05, 3.63) is 84.5 Å². The third kappa shape index (κ3) is 5.96. The van der Waals surface area contributed by atoms with Crippen LogP contribution in [0.1, 0.15) is 27.7 Å². The molecule has 0 radical (unpaired) electrons. The second kappa shape index (κ2) is 11.3. The van der Waals surface area contributed by atoms with Gasteiger partial charge in [0.25, 0.3) is 0 Å². The van der Waals surface area contributed by atoms with E-state index in [2.05, 4.69) is 26.3 Å². The van der Waals surface area contributed by atoms with Crippen molar-refractivity contribution in [3.8, 4) is 23.0 Å². The first-order valence-electron chi connectivity index (χ1n) is 11.6. The van der Waals surface area contributed by atoms with Crippen LogP contribution in [0.25, 0.3) is 21.5 Å². The van der Waals surface area contributed by atoms with Gasteiger partial charge in [0.2, 0.25) is 0 Å². The van der Waals surface area contributed by atoms with E-state index in [0.717, 1.165) is 24.3 Å². The van der Waals surface area contributed by atoms with Gasteiger partial charge in [0, 0.05) is 33.1 Å². The molecule has 3 rings (SSSR count). The topological polar surface area (TPSA) is 105 Å². The zero-order valence-corrected chi connectivity index (χ0v) is 22.2. The van der Waals surface area contributed by atoms with E-state index in [-0.39, 0.29) is 55.3 Å². The molecule has 0 saturated carbocycles. The van der Waals surface area contributed by atoms with Gasteiger partial charge in [-0.25, -0.2) is 28.0 Å². The quantitative estimate of drug-likeness (QED) is 0.141. The fourth-order valence-electron chi connectivity index (χ4n) is 3.23. The first-order chi connectivity index (χ1) is 18.6. The number of hydrogen-bond donors (Lipinski definition) is 0. The zero-order valence-electron chi connectivity index (χ0n) is 22.2. The molecular formula is C30H24F2O8. The molecule has 3 aromatic rings. The molecule has 0 aliphatic carbocycles. The molecule has 0 unspecified atom stereocenters. The first-order valence-corrected chi connectivity index (χ1v) is 11.6. The van der Waals surface area contributed by atoms with Gasteiger partial charge in [-0.15, -0.1) is 0 Å². The second-order valence-electron chi connectivity index (χ2n) is 9.00. The van der Waals surface area contributed by atoms with Gasteiger partial charge in [0.05, 0.1) is 0 Å². The molecule has 0 amide bonds. The minimum Gasteiger partial charge on any atom is -0.419 e. The first kappa shape index (κ1) is 29.4. The van der Waals surface area contributed by atoms with Gasteiger partial charge >= 0.3 is 23.9 Å². The largest absolute Gasteiger partial charge is 0.419 e. The molecule has 3 aromatic carbocycles. The minimum atomic E-state index is -1.35. The predicted octanol–water partition coefficient (Wildman–Crippen LogP) is 6.20. The summed E-state index contributed by atoms with van der Waals surface area (Å²) in [5, 5.41) is -0.792. The molecular weight excluding hydrogens is 526 g/mol. The molecule has 0 N–H and O–H groups in total. The summed E-state index contributed by atoms with van der Waals surface area (Å²) in [6.45, 7) is 19.4. The van der Waals surface area contributed by atoms with Crippen molar-refractivity contribution in [2.45, 2.75) is 27.7 Å². The van der Waals surface area contributed by atoms with E-state index in [1.165, 1.54) is 27.7 Å². The van der Waals surface area contributed by atoms with Crippen LogP contribution >= 0.6 is 0 Å². The van der Waals surface area contributed by atoms with Gasteiger partial charge in [-0.1, -0.05) is 26.3 Å². The fourth-order valence-corrected chi connectivity index (χ4v) is 3.23.